The van der Waals surface area contributed by atoms with E-state index in [0.717, 1.165) is 11.3 Å². The predicted octanol–water partition coefficient (Wildman–Crippen LogP) is 6.97. The zero-order chi connectivity index (χ0) is 45.2. The second-order valence-corrected chi connectivity index (χ2v) is 19.9. The number of anilines is 1. The molecule has 0 radical (unpaired) electrons. The third kappa shape index (κ3) is 12.5. The third-order valence-electron chi connectivity index (χ3n) is 9.43. The van der Waals surface area contributed by atoms with Crippen molar-refractivity contribution >= 4 is 41.3 Å². The zero-order valence-electron chi connectivity index (χ0n) is 37.8. The Kier molecular flexibility index (Phi) is 13.9. The van der Waals surface area contributed by atoms with Crippen molar-refractivity contribution < 1.29 is 47.8 Å². The lowest BCUT2D eigenvalue weighted by molar-refractivity contribution is -0.385. The molecular formula is C45H64N4O11. The van der Waals surface area contributed by atoms with Crippen molar-refractivity contribution in [3.63, 3.8) is 0 Å². The lowest BCUT2D eigenvalue weighted by atomic mass is 9.76. The van der Waals surface area contributed by atoms with Crippen molar-refractivity contribution in [1.82, 2.24) is 9.80 Å². The summed E-state index contributed by atoms with van der Waals surface area (Å²) in [5.41, 5.74) is -2.67. The van der Waals surface area contributed by atoms with Crippen LogP contribution < -0.4 is 9.64 Å². The smallest absolute Gasteiger partial charge is 0.320 e. The maximum absolute atomic E-state index is 13.2. The Morgan fingerprint density at radius 2 is 1.17 bits per heavy atom. The maximum Gasteiger partial charge on any atom is 0.320 e. The van der Waals surface area contributed by atoms with E-state index < -0.39 is 62.3 Å². The molecule has 1 spiro atoms. The molecular weight excluding hydrogens is 773 g/mol. The first-order chi connectivity index (χ1) is 27.4. The minimum absolute atomic E-state index is 0.112. The summed E-state index contributed by atoms with van der Waals surface area (Å²) in [5, 5.41) is 12.3. The van der Waals surface area contributed by atoms with Crippen LogP contribution in [-0.4, -0.2) is 106 Å². The molecule has 2 aromatic rings. The Hall–Kier alpha value is -5.02. The van der Waals surface area contributed by atoms with Crippen molar-refractivity contribution in [2.24, 2.45) is 0 Å². The van der Waals surface area contributed by atoms with Gasteiger partial charge in [-0.15, -0.1) is 0 Å². The van der Waals surface area contributed by atoms with Gasteiger partial charge in [-0.1, -0.05) is 18.2 Å². The molecule has 2 aliphatic rings. The Labute approximate surface area is 354 Å². The number of nitro benzene ring substituents is 1. The second-order valence-electron chi connectivity index (χ2n) is 19.9. The molecule has 2 heterocycles. The monoisotopic (exact) mass is 836 g/mol. The highest BCUT2D eigenvalue weighted by Gasteiger charge is 2.59. The highest BCUT2D eigenvalue weighted by molar-refractivity contribution is 5.77. The number of fused-ring (bicyclic) bond motifs is 2. The van der Waals surface area contributed by atoms with E-state index in [1.165, 1.54) is 17.0 Å². The number of para-hydroxylation sites is 1. The maximum atomic E-state index is 13.2. The van der Waals surface area contributed by atoms with Gasteiger partial charge >= 0.3 is 23.9 Å². The summed E-state index contributed by atoms with van der Waals surface area (Å²) in [6.45, 7) is 24.5. The third-order valence-corrected chi connectivity index (χ3v) is 9.43. The van der Waals surface area contributed by atoms with E-state index in [9.17, 15) is 29.3 Å². The van der Waals surface area contributed by atoms with Crippen LogP contribution in [0.25, 0.3) is 6.08 Å². The number of esters is 4. The lowest BCUT2D eigenvalue weighted by Crippen LogP contribution is -2.61. The van der Waals surface area contributed by atoms with Gasteiger partial charge in [0, 0.05) is 48.6 Å². The number of hydrogen-bond acceptors (Lipinski definition) is 14. The molecule has 60 heavy (non-hydrogen) atoms. The van der Waals surface area contributed by atoms with Gasteiger partial charge in [0.25, 0.3) is 5.69 Å². The van der Waals surface area contributed by atoms with E-state index in [1.807, 2.05) is 44.2 Å². The molecule has 4 rings (SSSR count). The van der Waals surface area contributed by atoms with Crippen LogP contribution >= 0.6 is 0 Å². The molecule has 15 nitrogen and oxygen atoms in total. The summed E-state index contributed by atoms with van der Waals surface area (Å²) in [6, 6.07) is 10.7. The number of nitrogens with zero attached hydrogens (tertiary/aromatic N) is 4. The Morgan fingerprint density at radius 3 is 1.62 bits per heavy atom. The number of non-ortho nitro benzene ring substituents is 1. The van der Waals surface area contributed by atoms with Gasteiger partial charge in [-0.2, -0.15) is 0 Å². The van der Waals surface area contributed by atoms with Crippen molar-refractivity contribution in [2.75, 3.05) is 44.2 Å². The molecule has 2 aromatic carbocycles. The van der Waals surface area contributed by atoms with Crippen LogP contribution in [-0.2, 0) is 50.1 Å². The fraction of sp³-hybridized carbons (Fsp3) is 0.600. The van der Waals surface area contributed by atoms with Crippen molar-refractivity contribution in [3.8, 4) is 5.75 Å². The van der Waals surface area contributed by atoms with Crippen LogP contribution in [0.2, 0.25) is 0 Å². The molecule has 1 atom stereocenters. The molecule has 1 unspecified atom stereocenters. The van der Waals surface area contributed by atoms with Crippen molar-refractivity contribution in [3.05, 3.63) is 69.3 Å². The predicted molar refractivity (Wildman–Crippen MR) is 227 cm³/mol. The standard InChI is InChI=1S/C45H64N4O11/c1-40(2,3)56-35(50)26-46(27-36(51)57-41(4,5)6)21-22-48-34-18-16-15-17-33(34)44(13,14)45(48)20-19-30-23-32(49(54)55)24-31(39(30)60-45)25-47(28-37(52)58-42(7,8)9)29-38(53)59-43(10,11)12/h15-20,23-24H,21-22,25-29H2,1-14H3. The van der Waals surface area contributed by atoms with Gasteiger partial charge in [0.15, 0.2) is 0 Å². The highest BCUT2D eigenvalue weighted by atomic mass is 16.6. The van der Waals surface area contributed by atoms with E-state index >= 15 is 0 Å². The van der Waals surface area contributed by atoms with E-state index in [2.05, 4.69) is 4.90 Å². The van der Waals surface area contributed by atoms with E-state index in [1.54, 1.807) is 94.1 Å². The minimum Gasteiger partial charge on any atom is -0.462 e. The molecule has 0 saturated carbocycles. The van der Waals surface area contributed by atoms with Crippen molar-refractivity contribution in [2.45, 2.75) is 137 Å². The zero-order valence-corrected chi connectivity index (χ0v) is 37.8. The van der Waals surface area contributed by atoms with Gasteiger partial charge in [0.1, 0.15) is 28.2 Å². The molecule has 0 amide bonds. The van der Waals surface area contributed by atoms with Gasteiger partial charge in [0.05, 0.1) is 36.5 Å². The molecule has 0 fully saturated rings. The molecule has 0 bridgehead atoms. The summed E-state index contributed by atoms with van der Waals surface area (Å²) < 4.78 is 29.7. The average Bonchev–Trinajstić information content (AvgIpc) is 3.21. The topological polar surface area (TPSA) is 167 Å². The quantitative estimate of drug-likeness (QED) is 0.0829. The largest absolute Gasteiger partial charge is 0.462 e. The molecule has 0 N–H and O–H groups in total. The normalized spacial score (nSPS) is 17.2. The Bertz CT molecular complexity index is 1920. The Balaban J connectivity index is 1.79. The molecule has 0 saturated heterocycles. The van der Waals surface area contributed by atoms with Gasteiger partial charge in [-0.25, -0.2) is 0 Å². The Morgan fingerprint density at radius 1 is 0.717 bits per heavy atom. The van der Waals surface area contributed by atoms with Crippen LogP contribution in [0.5, 0.6) is 5.75 Å². The number of rotatable bonds is 14. The first-order valence-corrected chi connectivity index (χ1v) is 20.3. The summed E-state index contributed by atoms with van der Waals surface area (Å²) in [5.74, 6) is -1.86. The number of carbonyl (C=O) groups excluding carboxylic acids is 4. The first kappa shape index (κ1) is 47.7. The van der Waals surface area contributed by atoms with Gasteiger partial charge < -0.3 is 28.6 Å². The van der Waals surface area contributed by atoms with E-state index in [-0.39, 0.29) is 51.5 Å². The average molecular weight is 837 g/mol. The van der Waals surface area contributed by atoms with Crippen LogP contribution in [0.15, 0.2) is 42.5 Å². The molecule has 330 valence electrons. The van der Waals surface area contributed by atoms with Gasteiger partial charge in [-0.3, -0.25) is 39.1 Å². The molecule has 0 aliphatic carbocycles. The van der Waals surface area contributed by atoms with Crippen LogP contribution in [0.4, 0.5) is 11.4 Å². The van der Waals surface area contributed by atoms with Gasteiger partial charge in [-0.05, 0) is 121 Å². The highest BCUT2D eigenvalue weighted by Crippen LogP contribution is 2.55. The summed E-state index contributed by atoms with van der Waals surface area (Å²) in [4.78, 5) is 69.8. The number of hydrogen-bond donors (Lipinski definition) is 0. The fourth-order valence-electron chi connectivity index (χ4n) is 7.36. The van der Waals surface area contributed by atoms with Gasteiger partial charge in [0.2, 0.25) is 5.72 Å². The second kappa shape index (κ2) is 17.5. The van der Waals surface area contributed by atoms with E-state index in [4.69, 9.17) is 23.7 Å². The van der Waals surface area contributed by atoms with Crippen molar-refractivity contribution in [1.29, 1.82) is 0 Å². The molecule has 15 heteroatoms. The molecule has 0 aromatic heterocycles. The number of ether oxygens (including phenoxy) is 5. The molecule has 2 aliphatic heterocycles. The van der Waals surface area contributed by atoms with E-state index in [0.29, 0.717) is 16.9 Å². The van der Waals surface area contributed by atoms with Crippen LogP contribution in [0.3, 0.4) is 0 Å². The summed E-state index contributed by atoms with van der Waals surface area (Å²) in [7, 11) is 0. The first-order valence-electron chi connectivity index (χ1n) is 20.3. The minimum atomic E-state index is -1.24. The van der Waals surface area contributed by atoms with Crippen LogP contribution in [0, 0.1) is 10.1 Å². The number of benzene rings is 2. The summed E-state index contributed by atoms with van der Waals surface area (Å²) >= 11 is 0. The number of nitro groups is 1. The summed E-state index contributed by atoms with van der Waals surface area (Å²) in [6.07, 6.45) is 3.68. The fourth-order valence-corrected chi connectivity index (χ4v) is 7.36. The van der Waals surface area contributed by atoms with Crippen LogP contribution in [0.1, 0.15) is 114 Å². The number of carbonyl (C=O) groups is 4. The lowest BCUT2D eigenvalue weighted by Gasteiger charge is -2.48. The SMILES string of the molecule is CC(C)(C)OC(=O)CN(CCN1c2ccccc2C(C)(C)C12C=Cc1cc([N+](=O)[O-])cc(CN(CC(=O)OC(C)(C)C)CC(=O)OC(C)(C)C)c1O2)CC(=O)OC(C)(C)C.